The standard InChI is InChI=1S/C17H19NO3S/c1-21-14-8-5-9-15(11-14)22-16(12-17(19)18-20)10-13-6-3-2-4-7-13/h2-9,11,16,20H,10,12H2,1H3,(H,18,19). The van der Waals surface area contributed by atoms with Crippen molar-refractivity contribution in [2.24, 2.45) is 0 Å². The van der Waals surface area contributed by atoms with Crippen LogP contribution in [0.4, 0.5) is 0 Å². The summed E-state index contributed by atoms with van der Waals surface area (Å²) >= 11 is 1.60. The highest BCUT2D eigenvalue weighted by Gasteiger charge is 2.16. The molecule has 1 atom stereocenters. The molecule has 2 rings (SSSR count). The Morgan fingerprint density at radius 1 is 1.23 bits per heavy atom. The van der Waals surface area contributed by atoms with Gasteiger partial charge in [0.25, 0.3) is 0 Å². The summed E-state index contributed by atoms with van der Waals surface area (Å²) in [6.45, 7) is 0. The highest BCUT2D eigenvalue weighted by molar-refractivity contribution is 8.00. The lowest BCUT2D eigenvalue weighted by Gasteiger charge is -2.16. The number of hydrogen-bond donors (Lipinski definition) is 2. The van der Waals surface area contributed by atoms with Crippen molar-refractivity contribution in [1.29, 1.82) is 0 Å². The SMILES string of the molecule is COc1cccc(SC(CC(=O)NO)Cc2ccccc2)c1. The van der Waals surface area contributed by atoms with Gasteiger partial charge in [0.1, 0.15) is 5.75 Å². The van der Waals surface area contributed by atoms with E-state index in [0.29, 0.717) is 0 Å². The Labute approximate surface area is 134 Å². The zero-order chi connectivity index (χ0) is 15.8. The van der Waals surface area contributed by atoms with E-state index < -0.39 is 0 Å². The average molecular weight is 317 g/mol. The molecule has 1 amide bonds. The van der Waals surface area contributed by atoms with Crippen LogP contribution in [0.2, 0.25) is 0 Å². The lowest BCUT2D eigenvalue weighted by atomic mass is 10.1. The van der Waals surface area contributed by atoms with Gasteiger partial charge in [-0.2, -0.15) is 0 Å². The van der Waals surface area contributed by atoms with Gasteiger partial charge in [0.15, 0.2) is 0 Å². The molecule has 2 N–H and O–H groups in total. The van der Waals surface area contributed by atoms with Crippen molar-refractivity contribution in [3.8, 4) is 5.75 Å². The second-order valence-corrected chi connectivity index (χ2v) is 6.22. The van der Waals surface area contributed by atoms with Crippen LogP contribution in [0.15, 0.2) is 59.5 Å². The van der Waals surface area contributed by atoms with E-state index in [4.69, 9.17) is 9.94 Å². The summed E-state index contributed by atoms with van der Waals surface area (Å²) in [5.74, 6) is 0.409. The number of hydroxylamine groups is 1. The summed E-state index contributed by atoms with van der Waals surface area (Å²) in [6, 6.07) is 17.7. The van der Waals surface area contributed by atoms with E-state index in [2.05, 4.69) is 0 Å². The van der Waals surface area contributed by atoms with Crippen molar-refractivity contribution >= 4 is 17.7 Å². The van der Waals surface area contributed by atoms with Crippen LogP contribution in [0.3, 0.4) is 0 Å². The van der Waals surface area contributed by atoms with Crippen molar-refractivity contribution in [2.75, 3.05) is 7.11 Å². The van der Waals surface area contributed by atoms with Crippen molar-refractivity contribution in [3.63, 3.8) is 0 Å². The molecule has 0 saturated carbocycles. The maximum absolute atomic E-state index is 11.5. The molecule has 5 heteroatoms. The maximum Gasteiger partial charge on any atom is 0.244 e. The van der Waals surface area contributed by atoms with E-state index in [-0.39, 0.29) is 17.6 Å². The Bertz CT molecular complexity index is 604. The van der Waals surface area contributed by atoms with Crippen molar-refractivity contribution < 1.29 is 14.7 Å². The second kappa shape index (κ2) is 8.46. The predicted molar refractivity (Wildman–Crippen MR) is 87.3 cm³/mol. The fourth-order valence-electron chi connectivity index (χ4n) is 2.15. The second-order valence-electron chi connectivity index (χ2n) is 4.85. The van der Waals surface area contributed by atoms with E-state index in [1.807, 2.05) is 54.6 Å². The minimum Gasteiger partial charge on any atom is -0.497 e. The van der Waals surface area contributed by atoms with E-state index in [1.165, 1.54) is 0 Å². The third kappa shape index (κ3) is 5.09. The lowest BCUT2D eigenvalue weighted by Crippen LogP contribution is -2.24. The maximum atomic E-state index is 11.5. The zero-order valence-electron chi connectivity index (χ0n) is 12.4. The first-order chi connectivity index (χ1) is 10.7. The van der Waals surface area contributed by atoms with Gasteiger partial charge in [0.2, 0.25) is 5.91 Å². The minimum absolute atomic E-state index is 0.0293. The highest BCUT2D eigenvalue weighted by atomic mass is 32.2. The molecule has 116 valence electrons. The number of carbonyl (C=O) groups excluding carboxylic acids is 1. The molecule has 0 fully saturated rings. The quantitative estimate of drug-likeness (QED) is 0.467. The lowest BCUT2D eigenvalue weighted by molar-refractivity contribution is -0.129. The number of hydrogen-bond acceptors (Lipinski definition) is 4. The zero-order valence-corrected chi connectivity index (χ0v) is 13.2. The first-order valence-corrected chi connectivity index (χ1v) is 7.87. The van der Waals surface area contributed by atoms with Gasteiger partial charge in [0, 0.05) is 16.6 Å². The number of nitrogens with one attached hydrogen (secondary N) is 1. The topological polar surface area (TPSA) is 58.6 Å². The Balaban J connectivity index is 2.11. The van der Waals surface area contributed by atoms with Gasteiger partial charge in [-0.15, -0.1) is 11.8 Å². The van der Waals surface area contributed by atoms with Crippen molar-refractivity contribution in [2.45, 2.75) is 23.0 Å². The fourth-order valence-corrected chi connectivity index (χ4v) is 3.39. The number of benzene rings is 2. The Kier molecular flexibility index (Phi) is 6.30. The molecular weight excluding hydrogens is 298 g/mol. The molecular formula is C17H19NO3S. The molecule has 0 aliphatic rings. The molecule has 0 aromatic heterocycles. The molecule has 0 heterocycles. The van der Waals surface area contributed by atoms with Gasteiger partial charge in [-0.3, -0.25) is 10.0 Å². The Hall–Kier alpha value is -1.98. The van der Waals surface area contributed by atoms with Crippen LogP contribution in [-0.2, 0) is 11.2 Å². The molecule has 4 nitrogen and oxygen atoms in total. The molecule has 1 unspecified atom stereocenters. The molecule has 2 aromatic rings. The van der Waals surface area contributed by atoms with Crippen LogP contribution >= 0.6 is 11.8 Å². The van der Waals surface area contributed by atoms with E-state index in [1.54, 1.807) is 24.4 Å². The van der Waals surface area contributed by atoms with Crippen LogP contribution in [0.25, 0.3) is 0 Å². The Morgan fingerprint density at radius 3 is 2.68 bits per heavy atom. The normalized spacial score (nSPS) is 11.7. The molecule has 0 bridgehead atoms. The molecule has 0 radical (unpaired) electrons. The van der Waals surface area contributed by atoms with E-state index in [0.717, 1.165) is 22.6 Å². The number of amides is 1. The fraction of sp³-hybridized carbons (Fsp3) is 0.235. The van der Waals surface area contributed by atoms with Gasteiger partial charge >= 0.3 is 0 Å². The monoisotopic (exact) mass is 317 g/mol. The van der Waals surface area contributed by atoms with E-state index in [9.17, 15) is 4.79 Å². The number of thioether (sulfide) groups is 1. The number of methoxy groups -OCH3 is 1. The first kappa shape index (κ1) is 16.4. The third-order valence-corrected chi connectivity index (χ3v) is 4.38. The molecule has 0 aliphatic heterocycles. The molecule has 0 aliphatic carbocycles. The first-order valence-electron chi connectivity index (χ1n) is 6.99. The van der Waals surface area contributed by atoms with Crippen LogP contribution in [-0.4, -0.2) is 23.5 Å². The smallest absolute Gasteiger partial charge is 0.244 e. The van der Waals surface area contributed by atoms with Gasteiger partial charge < -0.3 is 4.74 Å². The van der Waals surface area contributed by atoms with Crippen LogP contribution in [0.5, 0.6) is 5.75 Å². The van der Waals surface area contributed by atoms with E-state index >= 15 is 0 Å². The molecule has 0 saturated heterocycles. The van der Waals surface area contributed by atoms with Crippen LogP contribution < -0.4 is 10.2 Å². The summed E-state index contributed by atoms with van der Waals surface area (Å²) in [7, 11) is 1.63. The largest absolute Gasteiger partial charge is 0.497 e. The average Bonchev–Trinajstić information content (AvgIpc) is 2.55. The molecule has 2 aromatic carbocycles. The summed E-state index contributed by atoms with van der Waals surface area (Å²) in [5, 5.41) is 8.80. The van der Waals surface area contributed by atoms with Gasteiger partial charge in [0.05, 0.1) is 7.11 Å². The number of ether oxygens (including phenoxy) is 1. The van der Waals surface area contributed by atoms with Gasteiger partial charge in [-0.1, -0.05) is 36.4 Å². The summed E-state index contributed by atoms with van der Waals surface area (Å²) in [6.07, 6.45) is 0.989. The summed E-state index contributed by atoms with van der Waals surface area (Å²) < 4.78 is 5.22. The van der Waals surface area contributed by atoms with Crippen LogP contribution in [0, 0.1) is 0 Å². The van der Waals surface area contributed by atoms with Gasteiger partial charge in [-0.05, 0) is 30.2 Å². The van der Waals surface area contributed by atoms with Crippen molar-refractivity contribution in [3.05, 3.63) is 60.2 Å². The Morgan fingerprint density at radius 2 is 2.00 bits per heavy atom. The molecule has 22 heavy (non-hydrogen) atoms. The highest BCUT2D eigenvalue weighted by Crippen LogP contribution is 2.30. The minimum atomic E-state index is -0.378. The predicted octanol–water partition coefficient (Wildman–Crippen LogP) is 3.29. The number of carbonyl (C=O) groups is 1. The van der Waals surface area contributed by atoms with Gasteiger partial charge in [-0.25, -0.2) is 5.48 Å². The third-order valence-electron chi connectivity index (χ3n) is 3.19. The summed E-state index contributed by atoms with van der Waals surface area (Å²) in [5.41, 5.74) is 2.87. The summed E-state index contributed by atoms with van der Waals surface area (Å²) in [4.78, 5) is 12.6. The van der Waals surface area contributed by atoms with Crippen molar-refractivity contribution in [1.82, 2.24) is 5.48 Å². The number of rotatable bonds is 7. The molecule has 0 spiro atoms. The van der Waals surface area contributed by atoms with Crippen LogP contribution in [0.1, 0.15) is 12.0 Å².